The summed E-state index contributed by atoms with van der Waals surface area (Å²) >= 11 is 0. The van der Waals surface area contributed by atoms with Gasteiger partial charge >= 0.3 is 0 Å². The third-order valence-electron chi connectivity index (χ3n) is 3.95. The average molecular weight is 329 g/mol. The van der Waals surface area contributed by atoms with Crippen molar-refractivity contribution in [2.75, 3.05) is 20.2 Å². The summed E-state index contributed by atoms with van der Waals surface area (Å²) in [5.74, 6) is 0.865. The molecular weight excluding hydrogens is 310 g/mol. The van der Waals surface area contributed by atoms with Crippen molar-refractivity contribution in [3.63, 3.8) is 0 Å². The Morgan fingerprint density at radius 1 is 1.33 bits per heavy atom. The molecule has 1 amide bonds. The second kappa shape index (κ2) is 6.35. The molecule has 3 rings (SSSR count). The van der Waals surface area contributed by atoms with Gasteiger partial charge in [0.25, 0.3) is 11.5 Å². The van der Waals surface area contributed by atoms with Crippen LogP contribution in [0, 0.1) is 6.92 Å². The molecule has 3 heterocycles. The fraction of sp³-hybridized carbons (Fsp3) is 0.353. The molecular formula is C17H19N3O4. The smallest absolute Gasteiger partial charge is 0.259 e. The minimum Gasteiger partial charge on any atom is -0.496 e. The van der Waals surface area contributed by atoms with E-state index in [1.807, 2.05) is 13.0 Å². The van der Waals surface area contributed by atoms with Gasteiger partial charge in [0.2, 0.25) is 0 Å². The Morgan fingerprint density at radius 3 is 2.75 bits per heavy atom. The largest absolute Gasteiger partial charge is 0.496 e. The molecule has 24 heavy (non-hydrogen) atoms. The first kappa shape index (κ1) is 16.0. The fourth-order valence-electron chi connectivity index (χ4n) is 2.58. The van der Waals surface area contributed by atoms with E-state index in [1.54, 1.807) is 24.2 Å². The lowest BCUT2D eigenvalue weighted by Gasteiger charge is -2.39. The zero-order valence-electron chi connectivity index (χ0n) is 13.9. The molecule has 0 unspecified atom stereocenters. The lowest BCUT2D eigenvalue weighted by Crippen LogP contribution is -2.56. The van der Waals surface area contributed by atoms with E-state index in [0.29, 0.717) is 18.7 Å². The van der Waals surface area contributed by atoms with Crippen molar-refractivity contribution in [2.24, 2.45) is 7.05 Å². The normalized spacial score (nSPS) is 14.2. The topological polar surface area (TPSA) is 73.7 Å². The molecule has 7 nitrogen and oxygen atoms in total. The Morgan fingerprint density at radius 2 is 2.08 bits per heavy atom. The number of aryl methyl sites for hydroxylation is 2. The highest BCUT2D eigenvalue weighted by atomic mass is 16.5. The maximum atomic E-state index is 12.6. The highest BCUT2D eigenvalue weighted by Gasteiger charge is 2.34. The Labute approximate surface area is 139 Å². The van der Waals surface area contributed by atoms with Gasteiger partial charge in [-0.1, -0.05) is 0 Å². The third-order valence-corrected chi connectivity index (χ3v) is 3.95. The molecule has 0 aliphatic carbocycles. The minimum absolute atomic E-state index is 0.0470. The van der Waals surface area contributed by atoms with Crippen LogP contribution in [0.5, 0.6) is 11.5 Å². The lowest BCUT2D eigenvalue weighted by molar-refractivity contribution is 0.0174. The first-order valence-electron chi connectivity index (χ1n) is 7.61. The summed E-state index contributed by atoms with van der Waals surface area (Å²) in [6.45, 7) is 2.88. The quantitative estimate of drug-likeness (QED) is 0.837. The molecule has 0 saturated carbocycles. The molecule has 1 fully saturated rings. The Hall–Kier alpha value is -2.83. The van der Waals surface area contributed by atoms with Gasteiger partial charge in [-0.15, -0.1) is 0 Å². The van der Waals surface area contributed by atoms with Gasteiger partial charge in [0, 0.05) is 37.3 Å². The van der Waals surface area contributed by atoms with Crippen LogP contribution in [0.15, 0.2) is 35.4 Å². The summed E-state index contributed by atoms with van der Waals surface area (Å²) in [6.07, 6.45) is 3.15. The number of ether oxygens (including phenoxy) is 2. The number of rotatable bonds is 4. The van der Waals surface area contributed by atoms with E-state index in [-0.39, 0.29) is 23.3 Å². The third kappa shape index (κ3) is 3.10. The van der Waals surface area contributed by atoms with E-state index >= 15 is 0 Å². The highest BCUT2D eigenvalue weighted by molar-refractivity contribution is 5.97. The van der Waals surface area contributed by atoms with Crippen LogP contribution < -0.4 is 15.0 Å². The molecule has 0 atom stereocenters. The molecule has 0 bridgehead atoms. The summed E-state index contributed by atoms with van der Waals surface area (Å²) in [5.41, 5.74) is 1.04. The van der Waals surface area contributed by atoms with Gasteiger partial charge in [-0.05, 0) is 13.0 Å². The number of nitrogens with zero attached hydrogens (tertiary/aromatic N) is 3. The zero-order chi connectivity index (χ0) is 17.3. The highest BCUT2D eigenvalue weighted by Crippen LogP contribution is 2.23. The van der Waals surface area contributed by atoms with Gasteiger partial charge in [0.05, 0.1) is 25.8 Å². The average Bonchev–Trinajstić information content (AvgIpc) is 2.52. The molecule has 0 aromatic carbocycles. The van der Waals surface area contributed by atoms with Gasteiger partial charge < -0.3 is 18.9 Å². The molecule has 1 aliphatic rings. The van der Waals surface area contributed by atoms with Crippen LogP contribution in [0.25, 0.3) is 0 Å². The summed E-state index contributed by atoms with van der Waals surface area (Å²) in [6, 6.07) is 4.98. The second-order valence-electron chi connectivity index (χ2n) is 5.79. The maximum absolute atomic E-state index is 12.6. The standard InChI is InChI=1S/C17H19N3O4/c1-11-6-12(4-5-18-11)24-13-8-20(9-13)17(22)14-10-19(2)16(21)7-15(14)23-3/h4-7,10,13H,8-9H2,1-3H3. The monoisotopic (exact) mass is 329 g/mol. The summed E-state index contributed by atoms with van der Waals surface area (Å²) < 4.78 is 12.3. The van der Waals surface area contributed by atoms with Crippen LogP contribution in [0.4, 0.5) is 0 Å². The van der Waals surface area contributed by atoms with E-state index in [2.05, 4.69) is 4.98 Å². The van der Waals surface area contributed by atoms with Crippen molar-refractivity contribution in [1.82, 2.24) is 14.5 Å². The van der Waals surface area contributed by atoms with Gasteiger partial charge in [-0.3, -0.25) is 14.6 Å². The number of methoxy groups -OCH3 is 1. The van der Waals surface area contributed by atoms with Crippen molar-refractivity contribution >= 4 is 5.91 Å². The summed E-state index contributed by atoms with van der Waals surface area (Å²) in [7, 11) is 3.05. The van der Waals surface area contributed by atoms with Crippen molar-refractivity contribution in [3.05, 3.63) is 52.2 Å². The fourth-order valence-corrected chi connectivity index (χ4v) is 2.58. The number of hydrogen-bond acceptors (Lipinski definition) is 5. The predicted molar refractivity (Wildman–Crippen MR) is 87.5 cm³/mol. The molecule has 2 aromatic heterocycles. The van der Waals surface area contributed by atoms with Crippen molar-refractivity contribution < 1.29 is 14.3 Å². The van der Waals surface area contributed by atoms with Gasteiger partial charge in [0.15, 0.2) is 0 Å². The van der Waals surface area contributed by atoms with Crippen LogP contribution in [0.1, 0.15) is 16.1 Å². The minimum atomic E-state index is -0.221. The molecule has 0 radical (unpaired) electrons. The van der Waals surface area contributed by atoms with E-state index in [0.717, 1.165) is 11.4 Å². The number of aromatic nitrogens is 2. The van der Waals surface area contributed by atoms with Crippen molar-refractivity contribution in [2.45, 2.75) is 13.0 Å². The van der Waals surface area contributed by atoms with E-state index < -0.39 is 0 Å². The summed E-state index contributed by atoms with van der Waals surface area (Å²) in [4.78, 5) is 30.0. The number of hydrogen-bond donors (Lipinski definition) is 0. The van der Waals surface area contributed by atoms with Crippen molar-refractivity contribution in [3.8, 4) is 11.5 Å². The number of pyridine rings is 2. The first-order chi connectivity index (χ1) is 11.5. The van der Waals surface area contributed by atoms with Crippen LogP contribution in [-0.4, -0.2) is 46.7 Å². The molecule has 1 aliphatic heterocycles. The second-order valence-corrected chi connectivity index (χ2v) is 5.79. The number of carbonyl (C=O) groups excluding carboxylic acids is 1. The van der Waals surface area contributed by atoms with Gasteiger partial charge in [0.1, 0.15) is 17.6 Å². The van der Waals surface area contributed by atoms with Gasteiger partial charge in [-0.2, -0.15) is 0 Å². The van der Waals surface area contributed by atoms with Crippen LogP contribution in [0.3, 0.4) is 0 Å². The SMILES string of the molecule is COc1cc(=O)n(C)cc1C(=O)N1CC(Oc2ccnc(C)c2)C1. The number of carbonyl (C=O) groups is 1. The lowest BCUT2D eigenvalue weighted by atomic mass is 10.1. The Kier molecular flexibility index (Phi) is 4.24. The molecule has 0 spiro atoms. The Balaban J connectivity index is 1.67. The summed E-state index contributed by atoms with van der Waals surface area (Å²) in [5, 5.41) is 0. The molecule has 2 aromatic rings. The van der Waals surface area contributed by atoms with Gasteiger partial charge in [-0.25, -0.2) is 0 Å². The number of amides is 1. The Bertz CT molecular complexity index is 825. The zero-order valence-corrected chi connectivity index (χ0v) is 13.9. The van der Waals surface area contributed by atoms with E-state index in [4.69, 9.17) is 9.47 Å². The molecule has 7 heteroatoms. The van der Waals surface area contributed by atoms with Crippen LogP contribution in [0.2, 0.25) is 0 Å². The predicted octanol–water partition coefficient (Wildman–Crippen LogP) is 1.00. The van der Waals surface area contributed by atoms with E-state index in [9.17, 15) is 9.59 Å². The van der Waals surface area contributed by atoms with Crippen LogP contribution in [-0.2, 0) is 7.05 Å². The first-order valence-corrected chi connectivity index (χ1v) is 7.61. The molecule has 126 valence electrons. The van der Waals surface area contributed by atoms with Crippen LogP contribution >= 0.6 is 0 Å². The molecule has 1 saturated heterocycles. The number of likely N-dealkylation sites (tertiary alicyclic amines) is 1. The maximum Gasteiger partial charge on any atom is 0.259 e. The van der Waals surface area contributed by atoms with Crippen molar-refractivity contribution in [1.29, 1.82) is 0 Å². The molecule has 0 N–H and O–H groups in total. The van der Waals surface area contributed by atoms with E-state index in [1.165, 1.54) is 23.9 Å².